The van der Waals surface area contributed by atoms with Gasteiger partial charge < -0.3 is 15.1 Å². The minimum absolute atomic E-state index is 0.104. The molecule has 0 spiro atoms. The monoisotopic (exact) mass is 319 g/mol. The molecule has 3 heterocycles. The molecule has 22 heavy (non-hydrogen) atoms. The molecule has 1 aliphatic heterocycles. The van der Waals surface area contributed by atoms with E-state index in [-0.39, 0.29) is 11.6 Å². The fraction of sp³-hybridized carbons (Fsp3) is 0.400. The van der Waals surface area contributed by atoms with E-state index in [4.69, 9.17) is 5.11 Å². The average Bonchev–Trinajstić information content (AvgIpc) is 3.04. The molecule has 0 aliphatic carbocycles. The number of thiazole rings is 1. The Bertz CT molecular complexity index is 674. The molecular weight excluding hydrogens is 302 g/mol. The predicted molar refractivity (Wildman–Crippen MR) is 83.5 cm³/mol. The van der Waals surface area contributed by atoms with Gasteiger partial charge in [0.2, 0.25) is 0 Å². The summed E-state index contributed by atoms with van der Waals surface area (Å²) in [7, 11) is 0. The number of β-amino-alcohol motifs (C(OH)–C–C–N with tert-alkyl or cyclic N) is 1. The van der Waals surface area contributed by atoms with E-state index in [2.05, 4.69) is 9.97 Å². The lowest BCUT2D eigenvalue weighted by Crippen LogP contribution is -2.21. The molecule has 2 atom stereocenters. The number of carboxylic acid groups (broad SMARTS) is 1. The second-order valence-electron chi connectivity index (χ2n) is 5.50. The minimum atomic E-state index is -1.01. The number of hydrogen-bond acceptors (Lipinski definition) is 6. The number of pyridine rings is 1. The predicted octanol–water partition coefficient (Wildman–Crippen LogP) is 1.58. The summed E-state index contributed by atoms with van der Waals surface area (Å²) in [5.74, 6) is -0.895. The molecule has 1 fully saturated rings. The maximum Gasteiger partial charge on any atom is 0.355 e. The number of anilines is 1. The largest absolute Gasteiger partial charge is 0.476 e. The fourth-order valence-electron chi connectivity index (χ4n) is 2.75. The first kappa shape index (κ1) is 14.9. The maximum absolute atomic E-state index is 11.1. The minimum Gasteiger partial charge on any atom is -0.476 e. The molecule has 0 radical (unpaired) electrons. The fourth-order valence-corrected chi connectivity index (χ4v) is 3.67. The number of aliphatic hydroxyl groups is 1. The smallest absolute Gasteiger partial charge is 0.355 e. The molecule has 0 unspecified atom stereocenters. The lowest BCUT2D eigenvalue weighted by atomic mass is 9.97. The van der Waals surface area contributed by atoms with Crippen molar-refractivity contribution in [2.75, 3.05) is 18.0 Å². The number of nitrogens with zero attached hydrogens (tertiary/aromatic N) is 3. The van der Waals surface area contributed by atoms with Gasteiger partial charge in [-0.25, -0.2) is 9.78 Å². The molecule has 2 N–H and O–H groups in total. The van der Waals surface area contributed by atoms with Crippen LogP contribution < -0.4 is 4.90 Å². The molecule has 7 heteroatoms. The summed E-state index contributed by atoms with van der Waals surface area (Å²) in [6, 6.07) is 3.90. The van der Waals surface area contributed by atoms with Gasteiger partial charge >= 0.3 is 5.97 Å². The van der Waals surface area contributed by atoms with E-state index in [9.17, 15) is 9.90 Å². The van der Waals surface area contributed by atoms with E-state index in [0.717, 1.165) is 12.0 Å². The zero-order valence-electron chi connectivity index (χ0n) is 12.1. The highest BCUT2D eigenvalue weighted by atomic mass is 32.1. The van der Waals surface area contributed by atoms with E-state index in [0.29, 0.717) is 23.1 Å². The van der Waals surface area contributed by atoms with Crippen LogP contribution in [0.2, 0.25) is 0 Å². The Balaban J connectivity index is 1.73. The van der Waals surface area contributed by atoms with Crippen LogP contribution in [0, 0.1) is 12.8 Å². The molecule has 2 aromatic heterocycles. The van der Waals surface area contributed by atoms with E-state index in [1.165, 1.54) is 11.3 Å². The molecule has 0 saturated carbocycles. The molecule has 6 nitrogen and oxygen atoms in total. The van der Waals surface area contributed by atoms with Gasteiger partial charge in [-0.15, -0.1) is 11.3 Å². The zero-order chi connectivity index (χ0) is 15.7. The standard InChI is InChI=1S/C15H17N3O3S/c1-9-13(14(20)21)17-15(22-9)18-7-11(12(19)8-18)6-10-2-4-16-5-3-10/h2-5,11-12,19H,6-8H2,1H3,(H,20,21)/t11-,12-/m1/s1. The van der Waals surface area contributed by atoms with Gasteiger partial charge in [0.15, 0.2) is 10.8 Å². The highest BCUT2D eigenvalue weighted by Gasteiger charge is 2.33. The molecule has 0 bridgehead atoms. The summed E-state index contributed by atoms with van der Waals surface area (Å²) in [5, 5.41) is 20.0. The van der Waals surface area contributed by atoms with Gasteiger partial charge in [-0.2, -0.15) is 0 Å². The maximum atomic E-state index is 11.1. The van der Waals surface area contributed by atoms with Gasteiger partial charge in [0, 0.05) is 36.3 Å². The molecular formula is C15H17N3O3S. The summed E-state index contributed by atoms with van der Waals surface area (Å²) in [5.41, 5.74) is 1.24. The van der Waals surface area contributed by atoms with Crippen molar-refractivity contribution >= 4 is 22.4 Å². The van der Waals surface area contributed by atoms with Crippen LogP contribution in [0.4, 0.5) is 5.13 Å². The molecule has 0 amide bonds. The van der Waals surface area contributed by atoms with Crippen molar-refractivity contribution in [3.63, 3.8) is 0 Å². The van der Waals surface area contributed by atoms with Gasteiger partial charge in [0.25, 0.3) is 0 Å². The lowest BCUT2D eigenvalue weighted by Gasteiger charge is -2.14. The van der Waals surface area contributed by atoms with Crippen LogP contribution >= 0.6 is 11.3 Å². The van der Waals surface area contributed by atoms with Crippen LogP contribution in [0.3, 0.4) is 0 Å². The SMILES string of the molecule is Cc1sc(N2C[C@@H](Cc3ccncc3)[C@H](O)C2)nc1C(=O)O. The Hall–Kier alpha value is -1.99. The Morgan fingerprint density at radius 3 is 2.77 bits per heavy atom. The molecule has 1 aliphatic rings. The number of aromatic nitrogens is 2. The highest BCUT2D eigenvalue weighted by molar-refractivity contribution is 7.15. The van der Waals surface area contributed by atoms with Crippen molar-refractivity contribution in [1.82, 2.24) is 9.97 Å². The average molecular weight is 319 g/mol. The van der Waals surface area contributed by atoms with Crippen LogP contribution in [0.25, 0.3) is 0 Å². The van der Waals surface area contributed by atoms with E-state index < -0.39 is 12.1 Å². The quantitative estimate of drug-likeness (QED) is 0.890. The second-order valence-corrected chi connectivity index (χ2v) is 6.68. The summed E-state index contributed by atoms with van der Waals surface area (Å²) < 4.78 is 0. The third-order valence-electron chi connectivity index (χ3n) is 3.91. The summed E-state index contributed by atoms with van der Waals surface area (Å²) in [6.45, 7) is 2.92. The van der Waals surface area contributed by atoms with Crippen LogP contribution in [0.1, 0.15) is 20.9 Å². The number of aryl methyl sites for hydroxylation is 1. The van der Waals surface area contributed by atoms with E-state index >= 15 is 0 Å². The first-order chi connectivity index (χ1) is 10.5. The van der Waals surface area contributed by atoms with Crippen LogP contribution in [0.15, 0.2) is 24.5 Å². The first-order valence-electron chi connectivity index (χ1n) is 7.07. The third-order valence-corrected chi connectivity index (χ3v) is 4.94. The Morgan fingerprint density at radius 1 is 1.41 bits per heavy atom. The number of carbonyl (C=O) groups is 1. The second kappa shape index (κ2) is 6.02. The third kappa shape index (κ3) is 2.95. The van der Waals surface area contributed by atoms with E-state index in [1.807, 2.05) is 17.0 Å². The van der Waals surface area contributed by atoms with Crippen LogP contribution in [-0.4, -0.2) is 45.3 Å². The molecule has 116 valence electrons. The van der Waals surface area contributed by atoms with Gasteiger partial charge in [-0.3, -0.25) is 4.98 Å². The van der Waals surface area contributed by atoms with Crippen molar-refractivity contribution in [3.8, 4) is 0 Å². The normalized spacial score (nSPS) is 21.3. The molecule has 1 saturated heterocycles. The van der Waals surface area contributed by atoms with Crippen molar-refractivity contribution in [2.45, 2.75) is 19.4 Å². The van der Waals surface area contributed by atoms with Crippen molar-refractivity contribution in [1.29, 1.82) is 0 Å². The Labute approximate surface area is 132 Å². The lowest BCUT2D eigenvalue weighted by molar-refractivity contribution is 0.0690. The van der Waals surface area contributed by atoms with Crippen molar-refractivity contribution < 1.29 is 15.0 Å². The Morgan fingerprint density at radius 2 is 2.14 bits per heavy atom. The number of carboxylic acids is 1. The summed E-state index contributed by atoms with van der Waals surface area (Å²) in [4.78, 5) is 21.9. The van der Waals surface area contributed by atoms with Gasteiger partial charge in [-0.1, -0.05) is 0 Å². The van der Waals surface area contributed by atoms with E-state index in [1.54, 1.807) is 19.3 Å². The van der Waals surface area contributed by atoms with Crippen LogP contribution in [-0.2, 0) is 6.42 Å². The van der Waals surface area contributed by atoms with Crippen molar-refractivity contribution in [2.24, 2.45) is 5.92 Å². The Kier molecular flexibility index (Phi) is 4.08. The van der Waals surface area contributed by atoms with Gasteiger partial charge in [0.1, 0.15) is 0 Å². The van der Waals surface area contributed by atoms with Crippen LogP contribution in [0.5, 0.6) is 0 Å². The molecule has 2 aromatic rings. The summed E-state index contributed by atoms with van der Waals surface area (Å²) >= 11 is 1.36. The number of aliphatic hydroxyl groups excluding tert-OH is 1. The number of aromatic carboxylic acids is 1. The molecule has 3 rings (SSSR count). The number of rotatable bonds is 4. The summed E-state index contributed by atoms with van der Waals surface area (Å²) in [6.07, 6.45) is 3.83. The molecule has 0 aromatic carbocycles. The zero-order valence-corrected chi connectivity index (χ0v) is 13.0. The van der Waals surface area contributed by atoms with Gasteiger partial charge in [0.05, 0.1) is 6.10 Å². The number of hydrogen-bond donors (Lipinski definition) is 2. The first-order valence-corrected chi connectivity index (χ1v) is 7.89. The van der Waals surface area contributed by atoms with Crippen molar-refractivity contribution in [3.05, 3.63) is 40.7 Å². The topological polar surface area (TPSA) is 86.5 Å². The van der Waals surface area contributed by atoms with Gasteiger partial charge in [-0.05, 0) is 31.0 Å². The highest BCUT2D eigenvalue weighted by Crippen LogP contribution is 2.31.